The van der Waals surface area contributed by atoms with Gasteiger partial charge in [0.15, 0.2) is 0 Å². The highest BCUT2D eigenvalue weighted by Gasteiger charge is 2.34. The Hall–Kier alpha value is -2.53. The number of halogens is 1. The molecule has 1 saturated heterocycles. The van der Waals surface area contributed by atoms with Gasteiger partial charge in [0.25, 0.3) is 0 Å². The Labute approximate surface area is 192 Å². The van der Waals surface area contributed by atoms with E-state index in [-0.39, 0.29) is 17.3 Å². The minimum absolute atomic E-state index is 0.0285. The number of sulfonamides is 1. The van der Waals surface area contributed by atoms with E-state index in [9.17, 15) is 18.0 Å². The first kappa shape index (κ1) is 24.1. The number of rotatable bonds is 7. The van der Waals surface area contributed by atoms with Gasteiger partial charge in [0.2, 0.25) is 15.9 Å². The van der Waals surface area contributed by atoms with E-state index in [1.54, 1.807) is 29.2 Å². The van der Waals surface area contributed by atoms with Crippen molar-refractivity contribution in [1.29, 1.82) is 0 Å². The number of nitrogens with zero attached hydrogens (tertiary/aromatic N) is 4. The Bertz CT molecular complexity index is 1060. The van der Waals surface area contributed by atoms with E-state index in [1.165, 1.54) is 38.7 Å². The molecule has 0 spiro atoms. The molecule has 1 atom stereocenters. The molecule has 1 fully saturated rings. The van der Waals surface area contributed by atoms with Crippen LogP contribution in [0.1, 0.15) is 11.6 Å². The third kappa shape index (κ3) is 5.26. The maximum absolute atomic E-state index is 12.8. The number of piperazine rings is 1. The van der Waals surface area contributed by atoms with Crippen molar-refractivity contribution in [3.05, 3.63) is 59.4 Å². The quantitative estimate of drug-likeness (QED) is 0.552. The standard InChI is InChI=1S/C21H25ClN4O5S/c1-24(32(29,30)16-6-5-9-23-14-16)15-19(27)25-10-12-26(13-11-25)20(21(28)31-2)17-7-3-4-8-18(17)22/h3-9,14,20H,10-13,15H2,1-2H3. The predicted octanol–water partition coefficient (Wildman–Crippen LogP) is 1.41. The van der Waals surface area contributed by atoms with Crippen LogP contribution in [-0.4, -0.2) is 86.3 Å². The smallest absolute Gasteiger partial charge is 0.327 e. The lowest BCUT2D eigenvalue weighted by molar-refractivity contribution is -0.148. The van der Waals surface area contributed by atoms with Gasteiger partial charge in [-0.3, -0.25) is 14.7 Å². The van der Waals surface area contributed by atoms with Gasteiger partial charge < -0.3 is 9.64 Å². The van der Waals surface area contributed by atoms with Gasteiger partial charge in [-0.15, -0.1) is 0 Å². The lowest BCUT2D eigenvalue weighted by atomic mass is 10.0. The van der Waals surface area contributed by atoms with Crippen LogP contribution in [0.5, 0.6) is 0 Å². The van der Waals surface area contributed by atoms with E-state index in [2.05, 4.69) is 4.98 Å². The summed E-state index contributed by atoms with van der Waals surface area (Å²) in [5.41, 5.74) is 0.642. The minimum atomic E-state index is -3.82. The maximum atomic E-state index is 12.8. The predicted molar refractivity (Wildman–Crippen MR) is 118 cm³/mol. The number of aromatic nitrogens is 1. The Balaban J connectivity index is 1.65. The van der Waals surface area contributed by atoms with E-state index in [4.69, 9.17) is 16.3 Å². The topological polar surface area (TPSA) is 100 Å². The second-order valence-electron chi connectivity index (χ2n) is 7.31. The van der Waals surface area contributed by atoms with Crippen LogP contribution in [-0.2, 0) is 24.3 Å². The third-order valence-electron chi connectivity index (χ3n) is 5.36. The van der Waals surface area contributed by atoms with Gasteiger partial charge in [-0.05, 0) is 23.8 Å². The highest BCUT2D eigenvalue weighted by molar-refractivity contribution is 7.89. The number of hydrogen-bond acceptors (Lipinski definition) is 7. The van der Waals surface area contributed by atoms with Crippen LogP contribution in [0.15, 0.2) is 53.7 Å². The van der Waals surface area contributed by atoms with Crippen molar-refractivity contribution in [3.8, 4) is 0 Å². The summed E-state index contributed by atoms with van der Waals surface area (Å²) < 4.78 is 31.3. The SMILES string of the molecule is COC(=O)C(c1ccccc1Cl)N1CCN(C(=O)CN(C)S(=O)(=O)c2cccnc2)CC1. The Morgan fingerprint density at radius 2 is 1.84 bits per heavy atom. The number of ether oxygens (including phenoxy) is 1. The summed E-state index contributed by atoms with van der Waals surface area (Å²) in [6, 6.07) is 9.36. The molecule has 0 aliphatic carbocycles. The molecule has 0 saturated carbocycles. The molecule has 9 nitrogen and oxygen atoms in total. The molecule has 32 heavy (non-hydrogen) atoms. The van der Waals surface area contributed by atoms with Crippen molar-refractivity contribution < 1.29 is 22.7 Å². The highest BCUT2D eigenvalue weighted by atomic mass is 35.5. The lowest BCUT2D eigenvalue weighted by Crippen LogP contribution is -2.53. The monoisotopic (exact) mass is 480 g/mol. The summed E-state index contributed by atoms with van der Waals surface area (Å²) in [7, 11) is -1.13. The molecule has 1 aliphatic rings. The fourth-order valence-electron chi connectivity index (χ4n) is 3.57. The van der Waals surface area contributed by atoms with Crippen LogP contribution in [0, 0.1) is 0 Å². The van der Waals surface area contributed by atoms with Crippen LogP contribution < -0.4 is 0 Å². The number of carbonyl (C=O) groups is 2. The number of esters is 1. The van der Waals surface area contributed by atoms with Gasteiger partial charge in [0.05, 0.1) is 13.7 Å². The molecule has 1 unspecified atom stereocenters. The number of carbonyl (C=O) groups excluding carboxylic acids is 2. The van der Waals surface area contributed by atoms with E-state index in [1.807, 2.05) is 4.90 Å². The first-order chi connectivity index (χ1) is 15.3. The molecule has 0 N–H and O–H groups in total. The summed E-state index contributed by atoms with van der Waals surface area (Å²) in [5, 5.41) is 0.462. The van der Waals surface area contributed by atoms with Crippen LogP contribution in [0.3, 0.4) is 0 Å². The molecule has 2 aromatic rings. The molecule has 3 rings (SSSR count). The van der Waals surface area contributed by atoms with Crippen molar-refractivity contribution in [3.63, 3.8) is 0 Å². The summed E-state index contributed by atoms with van der Waals surface area (Å²) >= 11 is 6.30. The molecular formula is C21H25ClN4O5S. The number of amides is 1. The van der Waals surface area contributed by atoms with Gasteiger partial charge in [0.1, 0.15) is 10.9 Å². The Kier molecular flexibility index (Phi) is 7.83. The number of methoxy groups -OCH3 is 1. The number of benzene rings is 1. The van der Waals surface area contributed by atoms with Gasteiger partial charge in [0, 0.05) is 50.6 Å². The van der Waals surface area contributed by atoms with Crippen LogP contribution in [0.25, 0.3) is 0 Å². The minimum Gasteiger partial charge on any atom is -0.468 e. The fraction of sp³-hybridized carbons (Fsp3) is 0.381. The van der Waals surface area contributed by atoms with E-state index in [0.29, 0.717) is 36.8 Å². The van der Waals surface area contributed by atoms with E-state index < -0.39 is 22.0 Å². The summed E-state index contributed by atoms with van der Waals surface area (Å²) in [4.78, 5) is 32.6. The average Bonchev–Trinajstić information content (AvgIpc) is 2.81. The average molecular weight is 481 g/mol. The fourth-order valence-corrected chi connectivity index (χ4v) is 4.89. The normalized spacial score (nSPS) is 16.1. The molecule has 172 valence electrons. The number of pyridine rings is 1. The highest BCUT2D eigenvalue weighted by Crippen LogP contribution is 2.29. The maximum Gasteiger partial charge on any atom is 0.327 e. The molecule has 11 heteroatoms. The zero-order valence-electron chi connectivity index (χ0n) is 17.8. The van der Waals surface area contributed by atoms with Crippen molar-refractivity contribution >= 4 is 33.5 Å². The zero-order valence-corrected chi connectivity index (χ0v) is 19.4. The van der Waals surface area contributed by atoms with Gasteiger partial charge in [-0.2, -0.15) is 4.31 Å². The van der Waals surface area contributed by atoms with Crippen molar-refractivity contribution in [2.24, 2.45) is 0 Å². The number of likely N-dealkylation sites (N-methyl/N-ethyl adjacent to an activating group) is 1. The molecular weight excluding hydrogens is 456 g/mol. The second kappa shape index (κ2) is 10.4. The van der Waals surface area contributed by atoms with Crippen molar-refractivity contribution in [2.45, 2.75) is 10.9 Å². The summed E-state index contributed by atoms with van der Waals surface area (Å²) in [6.07, 6.45) is 2.73. The molecule has 1 aromatic carbocycles. The zero-order chi connectivity index (χ0) is 23.3. The number of hydrogen-bond donors (Lipinski definition) is 0. The van der Waals surface area contributed by atoms with Crippen LogP contribution >= 0.6 is 11.6 Å². The molecule has 2 heterocycles. The lowest BCUT2D eigenvalue weighted by Gasteiger charge is -2.38. The Morgan fingerprint density at radius 3 is 2.44 bits per heavy atom. The molecule has 0 bridgehead atoms. The second-order valence-corrected chi connectivity index (χ2v) is 9.77. The van der Waals surface area contributed by atoms with Crippen molar-refractivity contribution in [1.82, 2.24) is 19.1 Å². The Morgan fingerprint density at radius 1 is 1.16 bits per heavy atom. The first-order valence-electron chi connectivity index (χ1n) is 9.96. The van der Waals surface area contributed by atoms with Crippen LogP contribution in [0.4, 0.5) is 0 Å². The molecule has 1 amide bonds. The van der Waals surface area contributed by atoms with Crippen molar-refractivity contribution in [2.75, 3.05) is 46.9 Å². The molecule has 1 aliphatic heterocycles. The summed E-state index contributed by atoms with van der Waals surface area (Å²) in [5.74, 6) is -0.743. The first-order valence-corrected chi connectivity index (χ1v) is 11.8. The van der Waals surface area contributed by atoms with E-state index >= 15 is 0 Å². The van der Waals surface area contributed by atoms with Gasteiger partial charge in [-0.25, -0.2) is 13.2 Å². The van der Waals surface area contributed by atoms with Gasteiger partial charge >= 0.3 is 5.97 Å². The largest absolute Gasteiger partial charge is 0.468 e. The van der Waals surface area contributed by atoms with Gasteiger partial charge in [-0.1, -0.05) is 29.8 Å². The molecule has 0 radical (unpaired) electrons. The third-order valence-corrected chi connectivity index (χ3v) is 7.49. The van der Waals surface area contributed by atoms with Crippen LogP contribution in [0.2, 0.25) is 5.02 Å². The van der Waals surface area contributed by atoms with E-state index in [0.717, 1.165) is 4.31 Å². The molecule has 1 aromatic heterocycles. The summed E-state index contributed by atoms with van der Waals surface area (Å²) in [6.45, 7) is 1.23.